The molecule has 0 fully saturated rings. The minimum absolute atomic E-state index is 0.0852. The quantitative estimate of drug-likeness (QED) is 0.445. The lowest BCUT2D eigenvalue weighted by atomic mass is 10.2. The number of rotatable bonds is 9. The summed E-state index contributed by atoms with van der Waals surface area (Å²) in [7, 11) is 0. The number of hydrogen-bond donors (Lipinski definition) is 2. The first-order valence-corrected chi connectivity index (χ1v) is 5.43. The summed E-state index contributed by atoms with van der Waals surface area (Å²) in [5.41, 5.74) is 0. The molecule has 0 saturated carbocycles. The highest BCUT2D eigenvalue weighted by molar-refractivity contribution is 5.76. The van der Waals surface area contributed by atoms with Crippen LogP contribution in [0, 0.1) is 0 Å². The van der Waals surface area contributed by atoms with Gasteiger partial charge in [-0.25, -0.2) is 0 Å². The van der Waals surface area contributed by atoms with E-state index < -0.39 is 0 Å². The zero-order valence-corrected chi connectivity index (χ0v) is 9.71. The first-order chi connectivity index (χ1) is 7.20. The summed E-state index contributed by atoms with van der Waals surface area (Å²) >= 11 is 0. The SMILES string of the molecule is C=COCCCNC(=O)CC(C)NCC. The predicted octanol–water partition coefficient (Wildman–Crippen LogP) is 1.04. The van der Waals surface area contributed by atoms with Gasteiger partial charge in [0.1, 0.15) is 0 Å². The van der Waals surface area contributed by atoms with Gasteiger partial charge in [-0.05, 0) is 19.9 Å². The fourth-order valence-electron chi connectivity index (χ4n) is 1.24. The van der Waals surface area contributed by atoms with Gasteiger partial charge < -0.3 is 15.4 Å². The van der Waals surface area contributed by atoms with E-state index in [-0.39, 0.29) is 11.9 Å². The molecule has 0 heterocycles. The van der Waals surface area contributed by atoms with Crippen LogP contribution in [0.1, 0.15) is 26.7 Å². The van der Waals surface area contributed by atoms with E-state index in [1.165, 1.54) is 6.26 Å². The molecule has 2 N–H and O–H groups in total. The standard InChI is InChI=1S/C11H22N2O2/c1-4-12-10(3)9-11(14)13-7-6-8-15-5-2/h5,10,12H,2,4,6-9H2,1,3H3,(H,13,14). The maximum Gasteiger partial charge on any atom is 0.221 e. The Labute approximate surface area is 92.1 Å². The van der Waals surface area contributed by atoms with Crippen LogP contribution in [-0.2, 0) is 9.53 Å². The van der Waals surface area contributed by atoms with Crippen molar-refractivity contribution < 1.29 is 9.53 Å². The van der Waals surface area contributed by atoms with Crippen LogP contribution in [0.2, 0.25) is 0 Å². The van der Waals surface area contributed by atoms with Gasteiger partial charge in [-0.2, -0.15) is 0 Å². The summed E-state index contributed by atoms with van der Waals surface area (Å²) in [5, 5.41) is 6.03. The third-order valence-electron chi connectivity index (χ3n) is 1.92. The molecule has 15 heavy (non-hydrogen) atoms. The Morgan fingerprint density at radius 2 is 2.33 bits per heavy atom. The third kappa shape index (κ3) is 9.28. The summed E-state index contributed by atoms with van der Waals surface area (Å²) in [6, 6.07) is 0.236. The zero-order valence-electron chi connectivity index (χ0n) is 9.71. The van der Waals surface area contributed by atoms with E-state index in [1.54, 1.807) is 0 Å². The van der Waals surface area contributed by atoms with E-state index in [4.69, 9.17) is 4.74 Å². The fourth-order valence-corrected chi connectivity index (χ4v) is 1.24. The van der Waals surface area contributed by atoms with Gasteiger partial charge in [0.2, 0.25) is 5.91 Å². The molecule has 0 rings (SSSR count). The number of carbonyl (C=O) groups is 1. The molecule has 0 aromatic rings. The molecule has 1 amide bonds. The van der Waals surface area contributed by atoms with Crippen molar-refractivity contribution in [3.8, 4) is 0 Å². The Morgan fingerprint density at radius 3 is 2.93 bits per heavy atom. The Morgan fingerprint density at radius 1 is 1.60 bits per heavy atom. The highest BCUT2D eigenvalue weighted by Gasteiger charge is 2.06. The monoisotopic (exact) mass is 214 g/mol. The highest BCUT2D eigenvalue weighted by atomic mass is 16.5. The predicted molar refractivity (Wildman–Crippen MR) is 61.5 cm³/mol. The summed E-state index contributed by atoms with van der Waals surface area (Å²) in [6.45, 7) is 9.62. The van der Waals surface area contributed by atoms with E-state index in [1.807, 2.05) is 13.8 Å². The molecule has 0 aliphatic rings. The molecule has 4 nitrogen and oxygen atoms in total. The largest absolute Gasteiger partial charge is 0.502 e. The average molecular weight is 214 g/mol. The Bertz CT molecular complexity index is 183. The number of carbonyl (C=O) groups excluding carboxylic acids is 1. The molecular formula is C11H22N2O2. The van der Waals surface area contributed by atoms with Gasteiger partial charge in [-0.3, -0.25) is 4.79 Å². The molecule has 1 unspecified atom stereocenters. The van der Waals surface area contributed by atoms with Crippen molar-refractivity contribution in [2.45, 2.75) is 32.7 Å². The van der Waals surface area contributed by atoms with Crippen molar-refractivity contribution in [1.82, 2.24) is 10.6 Å². The number of ether oxygens (including phenoxy) is 1. The van der Waals surface area contributed by atoms with Gasteiger partial charge in [0, 0.05) is 19.0 Å². The van der Waals surface area contributed by atoms with E-state index in [9.17, 15) is 4.79 Å². The van der Waals surface area contributed by atoms with Crippen molar-refractivity contribution in [3.63, 3.8) is 0 Å². The summed E-state index contributed by atoms with van der Waals surface area (Å²) in [5.74, 6) is 0.0852. The highest BCUT2D eigenvalue weighted by Crippen LogP contribution is 1.90. The number of nitrogens with one attached hydrogen (secondary N) is 2. The molecule has 0 aromatic carbocycles. The molecule has 0 radical (unpaired) electrons. The lowest BCUT2D eigenvalue weighted by Crippen LogP contribution is -2.34. The van der Waals surface area contributed by atoms with E-state index in [0.29, 0.717) is 19.6 Å². The second kappa shape index (κ2) is 9.52. The van der Waals surface area contributed by atoms with Gasteiger partial charge >= 0.3 is 0 Å². The summed E-state index contributed by atoms with van der Waals surface area (Å²) < 4.78 is 4.94. The van der Waals surface area contributed by atoms with Crippen LogP contribution in [0.25, 0.3) is 0 Å². The maximum atomic E-state index is 11.3. The Kier molecular flexibility index (Phi) is 8.87. The lowest BCUT2D eigenvalue weighted by molar-refractivity contribution is -0.121. The van der Waals surface area contributed by atoms with Gasteiger partial charge in [0.25, 0.3) is 0 Å². The van der Waals surface area contributed by atoms with Crippen LogP contribution in [0.5, 0.6) is 0 Å². The summed E-state index contributed by atoms with van der Waals surface area (Å²) in [6.07, 6.45) is 2.75. The van der Waals surface area contributed by atoms with E-state index in [2.05, 4.69) is 17.2 Å². The molecule has 0 aliphatic heterocycles. The van der Waals surface area contributed by atoms with Crippen molar-refractivity contribution in [2.24, 2.45) is 0 Å². The van der Waals surface area contributed by atoms with Crippen molar-refractivity contribution >= 4 is 5.91 Å². The van der Waals surface area contributed by atoms with Crippen molar-refractivity contribution in [1.29, 1.82) is 0 Å². The van der Waals surface area contributed by atoms with Crippen molar-refractivity contribution in [2.75, 3.05) is 19.7 Å². The van der Waals surface area contributed by atoms with Gasteiger partial charge in [-0.1, -0.05) is 13.5 Å². The minimum Gasteiger partial charge on any atom is -0.502 e. The van der Waals surface area contributed by atoms with Crippen LogP contribution < -0.4 is 10.6 Å². The summed E-state index contributed by atoms with van der Waals surface area (Å²) in [4.78, 5) is 11.3. The molecule has 4 heteroatoms. The molecule has 0 spiro atoms. The van der Waals surface area contributed by atoms with E-state index >= 15 is 0 Å². The molecule has 0 saturated heterocycles. The second-order valence-corrected chi connectivity index (χ2v) is 3.40. The normalized spacial score (nSPS) is 11.9. The smallest absolute Gasteiger partial charge is 0.221 e. The topological polar surface area (TPSA) is 50.4 Å². The molecule has 0 bridgehead atoms. The van der Waals surface area contributed by atoms with Crippen molar-refractivity contribution in [3.05, 3.63) is 12.8 Å². The molecule has 1 atom stereocenters. The Balaban J connectivity index is 3.36. The molecule has 88 valence electrons. The molecule has 0 aromatic heterocycles. The van der Waals surface area contributed by atoms with Crippen LogP contribution in [-0.4, -0.2) is 31.6 Å². The van der Waals surface area contributed by atoms with E-state index in [0.717, 1.165) is 13.0 Å². The fraction of sp³-hybridized carbons (Fsp3) is 0.727. The average Bonchev–Trinajstić information content (AvgIpc) is 2.17. The Hall–Kier alpha value is -1.03. The number of amides is 1. The van der Waals surface area contributed by atoms with Crippen LogP contribution in [0.4, 0.5) is 0 Å². The molecular weight excluding hydrogens is 192 g/mol. The van der Waals surface area contributed by atoms with Gasteiger partial charge in [0.15, 0.2) is 0 Å². The maximum absolute atomic E-state index is 11.3. The minimum atomic E-state index is 0.0852. The zero-order chi connectivity index (χ0) is 11.5. The first-order valence-electron chi connectivity index (χ1n) is 5.43. The third-order valence-corrected chi connectivity index (χ3v) is 1.92. The molecule has 0 aliphatic carbocycles. The van der Waals surface area contributed by atoms with Crippen LogP contribution in [0.15, 0.2) is 12.8 Å². The van der Waals surface area contributed by atoms with Gasteiger partial charge in [-0.15, -0.1) is 0 Å². The van der Waals surface area contributed by atoms with Gasteiger partial charge in [0.05, 0.1) is 12.9 Å². The second-order valence-electron chi connectivity index (χ2n) is 3.40. The number of hydrogen-bond acceptors (Lipinski definition) is 3. The van der Waals surface area contributed by atoms with Crippen LogP contribution in [0.3, 0.4) is 0 Å². The first kappa shape index (κ1) is 14.0. The van der Waals surface area contributed by atoms with Crippen LogP contribution >= 0.6 is 0 Å². The lowest BCUT2D eigenvalue weighted by Gasteiger charge is -2.11.